The molecule has 0 saturated carbocycles. The molecule has 2 aromatic rings. The summed E-state index contributed by atoms with van der Waals surface area (Å²) in [4.78, 5) is 0. The van der Waals surface area contributed by atoms with Gasteiger partial charge in [-0.2, -0.15) is 0 Å². The van der Waals surface area contributed by atoms with Gasteiger partial charge in [0, 0.05) is 5.56 Å². The van der Waals surface area contributed by atoms with Gasteiger partial charge in [0.15, 0.2) is 0 Å². The van der Waals surface area contributed by atoms with E-state index in [1.54, 1.807) is 0 Å². The minimum absolute atomic E-state index is 0.262. The average Bonchev–Trinajstić information content (AvgIpc) is 2.89. The normalized spacial score (nSPS) is 12.6. The van der Waals surface area contributed by atoms with E-state index in [0.717, 1.165) is 30.0 Å². The molecule has 0 radical (unpaired) electrons. The zero-order chi connectivity index (χ0) is 13.0. The summed E-state index contributed by atoms with van der Waals surface area (Å²) in [6.45, 7) is 7.34. The highest BCUT2D eigenvalue weighted by atomic mass is 16.3. The average molecular weight is 243 g/mol. The third-order valence-electron chi connectivity index (χ3n) is 3.18. The van der Waals surface area contributed by atoms with Crippen molar-refractivity contribution in [1.82, 2.24) is 5.32 Å². The van der Waals surface area contributed by atoms with E-state index < -0.39 is 0 Å². The highest BCUT2D eigenvalue weighted by Gasteiger charge is 2.10. The molecular formula is C16H21NO. The van der Waals surface area contributed by atoms with E-state index in [-0.39, 0.29) is 6.04 Å². The zero-order valence-corrected chi connectivity index (χ0v) is 11.4. The number of benzene rings is 1. The first-order valence-corrected chi connectivity index (χ1v) is 6.67. The van der Waals surface area contributed by atoms with Crippen molar-refractivity contribution in [2.24, 2.45) is 0 Å². The smallest absolute Gasteiger partial charge is 0.134 e. The Labute approximate surface area is 109 Å². The summed E-state index contributed by atoms with van der Waals surface area (Å²) in [6.07, 6.45) is 1.05. The summed E-state index contributed by atoms with van der Waals surface area (Å²) in [5.41, 5.74) is 2.49. The van der Waals surface area contributed by atoms with Gasteiger partial charge in [-0.1, -0.05) is 32.0 Å². The standard InChI is InChI=1S/C16H21NO/c1-4-13-7-6-8-14(11-13)16-10-9-15(18-16)12(3)17-5-2/h6-12,17H,4-5H2,1-3H3. The van der Waals surface area contributed by atoms with Gasteiger partial charge in [-0.05, 0) is 43.7 Å². The Hall–Kier alpha value is -1.54. The van der Waals surface area contributed by atoms with Gasteiger partial charge in [-0.15, -0.1) is 0 Å². The first-order valence-electron chi connectivity index (χ1n) is 6.67. The third kappa shape index (κ3) is 2.82. The van der Waals surface area contributed by atoms with Crippen LogP contribution in [0.2, 0.25) is 0 Å². The topological polar surface area (TPSA) is 25.2 Å². The lowest BCUT2D eigenvalue weighted by molar-refractivity contribution is 0.445. The molecule has 1 atom stereocenters. The van der Waals surface area contributed by atoms with E-state index in [9.17, 15) is 0 Å². The molecule has 0 spiro atoms. The fourth-order valence-electron chi connectivity index (χ4n) is 2.09. The first-order chi connectivity index (χ1) is 8.74. The second-order valence-electron chi connectivity index (χ2n) is 4.54. The van der Waals surface area contributed by atoms with Crippen LogP contribution < -0.4 is 5.32 Å². The predicted molar refractivity (Wildman–Crippen MR) is 75.6 cm³/mol. The van der Waals surface area contributed by atoms with Gasteiger partial charge in [-0.3, -0.25) is 0 Å². The summed E-state index contributed by atoms with van der Waals surface area (Å²) < 4.78 is 5.92. The molecule has 1 aromatic heterocycles. The minimum atomic E-state index is 0.262. The largest absolute Gasteiger partial charge is 0.459 e. The second-order valence-corrected chi connectivity index (χ2v) is 4.54. The molecular weight excluding hydrogens is 222 g/mol. The van der Waals surface area contributed by atoms with Crippen molar-refractivity contribution >= 4 is 0 Å². The maximum Gasteiger partial charge on any atom is 0.134 e. The Morgan fingerprint density at radius 1 is 1.17 bits per heavy atom. The summed E-state index contributed by atoms with van der Waals surface area (Å²) in [7, 11) is 0. The van der Waals surface area contributed by atoms with Crippen LogP contribution in [0.4, 0.5) is 0 Å². The van der Waals surface area contributed by atoms with Crippen molar-refractivity contribution in [2.45, 2.75) is 33.2 Å². The third-order valence-corrected chi connectivity index (χ3v) is 3.18. The fraction of sp³-hybridized carbons (Fsp3) is 0.375. The van der Waals surface area contributed by atoms with E-state index in [2.05, 4.69) is 62.5 Å². The molecule has 0 fully saturated rings. The highest BCUT2D eigenvalue weighted by Crippen LogP contribution is 2.26. The van der Waals surface area contributed by atoms with E-state index in [1.165, 1.54) is 5.56 Å². The lowest BCUT2D eigenvalue weighted by Crippen LogP contribution is -2.16. The zero-order valence-electron chi connectivity index (χ0n) is 11.4. The molecule has 2 rings (SSSR count). The predicted octanol–water partition coefficient (Wildman–Crippen LogP) is 4.18. The SMILES string of the molecule is CCNC(C)c1ccc(-c2cccc(CC)c2)o1. The summed E-state index contributed by atoms with van der Waals surface area (Å²) in [5.74, 6) is 1.94. The van der Waals surface area contributed by atoms with Crippen molar-refractivity contribution in [2.75, 3.05) is 6.54 Å². The molecule has 0 aliphatic heterocycles. The van der Waals surface area contributed by atoms with E-state index in [1.807, 2.05) is 0 Å². The van der Waals surface area contributed by atoms with Crippen molar-refractivity contribution < 1.29 is 4.42 Å². The molecule has 0 amide bonds. The summed E-state index contributed by atoms with van der Waals surface area (Å²) in [5, 5.41) is 3.36. The van der Waals surface area contributed by atoms with Gasteiger partial charge in [0.1, 0.15) is 11.5 Å². The van der Waals surface area contributed by atoms with E-state index >= 15 is 0 Å². The molecule has 1 unspecified atom stereocenters. The number of nitrogens with one attached hydrogen (secondary N) is 1. The van der Waals surface area contributed by atoms with E-state index in [4.69, 9.17) is 4.42 Å². The first kappa shape index (κ1) is 12.9. The molecule has 2 heteroatoms. The number of hydrogen-bond acceptors (Lipinski definition) is 2. The van der Waals surface area contributed by atoms with Gasteiger partial charge in [-0.25, -0.2) is 0 Å². The van der Waals surface area contributed by atoms with Crippen LogP contribution in [-0.2, 0) is 6.42 Å². The highest BCUT2D eigenvalue weighted by molar-refractivity contribution is 5.58. The molecule has 2 nitrogen and oxygen atoms in total. The van der Waals surface area contributed by atoms with Crippen LogP contribution in [0, 0.1) is 0 Å². The van der Waals surface area contributed by atoms with Gasteiger partial charge < -0.3 is 9.73 Å². The lowest BCUT2D eigenvalue weighted by atomic mass is 10.1. The molecule has 0 bridgehead atoms. The minimum Gasteiger partial charge on any atom is -0.459 e. The Kier molecular flexibility index (Phi) is 4.21. The molecule has 1 N–H and O–H groups in total. The van der Waals surface area contributed by atoms with Crippen LogP contribution in [-0.4, -0.2) is 6.54 Å². The maximum atomic E-state index is 5.92. The number of rotatable bonds is 5. The number of aryl methyl sites for hydroxylation is 1. The fourth-order valence-corrected chi connectivity index (χ4v) is 2.09. The molecule has 0 aliphatic carbocycles. The monoisotopic (exact) mass is 243 g/mol. The second kappa shape index (κ2) is 5.87. The summed E-state index contributed by atoms with van der Waals surface area (Å²) >= 11 is 0. The Bertz CT molecular complexity index is 501. The molecule has 18 heavy (non-hydrogen) atoms. The van der Waals surface area contributed by atoms with Crippen LogP contribution >= 0.6 is 0 Å². The molecule has 96 valence electrons. The van der Waals surface area contributed by atoms with E-state index in [0.29, 0.717) is 0 Å². The van der Waals surface area contributed by atoms with Crippen LogP contribution in [0.3, 0.4) is 0 Å². The van der Waals surface area contributed by atoms with Crippen LogP contribution in [0.15, 0.2) is 40.8 Å². The van der Waals surface area contributed by atoms with Gasteiger partial charge in [0.25, 0.3) is 0 Å². The van der Waals surface area contributed by atoms with Gasteiger partial charge in [0.2, 0.25) is 0 Å². The Balaban J connectivity index is 2.23. The summed E-state index contributed by atoms with van der Waals surface area (Å²) in [6, 6.07) is 12.9. The Morgan fingerprint density at radius 2 is 2.00 bits per heavy atom. The van der Waals surface area contributed by atoms with Gasteiger partial charge in [0.05, 0.1) is 6.04 Å². The molecule has 1 heterocycles. The molecule has 0 saturated heterocycles. The molecule has 0 aliphatic rings. The van der Waals surface area contributed by atoms with Crippen LogP contribution in [0.1, 0.15) is 38.1 Å². The number of furan rings is 1. The number of hydrogen-bond donors (Lipinski definition) is 1. The quantitative estimate of drug-likeness (QED) is 0.852. The van der Waals surface area contributed by atoms with Crippen molar-refractivity contribution in [1.29, 1.82) is 0 Å². The Morgan fingerprint density at radius 3 is 2.72 bits per heavy atom. The lowest BCUT2D eigenvalue weighted by Gasteiger charge is -2.08. The van der Waals surface area contributed by atoms with Gasteiger partial charge >= 0.3 is 0 Å². The molecule has 1 aromatic carbocycles. The van der Waals surface area contributed by atoms with Crippen LogP contribution in [0.5, 0.6) is 0 Å². The van der Waals surface area contributed by atoms with Crippen molar-refractivity contribution in [3.8, 4) is 11.3 Å². The van der Waals surface area contributed by atoms with Crippen LogP contribution in [0.25, 0.3) is 11.3 Å². The van der Waals surface area contributed by atoms with Crippen molar-refractivity contribution in [3.05, 3.63) is 47.7 Å². The maximum absolute atomic E-state index is 5.92. The van der Waals surface area contributed by atoms with Crippen molar-refractivity contribution in [3.63, 3.8) is 0 Å².